The minimum Gasteiger partial charge on any atom is -0.453 e. The summed E-state index contributed by atoms with van der Waals surface area (Å²) in [5.41, 5.74) is 0. The lowest BCUT2D eigenvalue weighted by Gasteiger charge is -2.33. The Morgan fingerprint density at radius 3 is 2.15 bits per heavy atom. The van der Waals surface area contributed by atoms with Gasteiger partial charge in [-0.3, -0.25) is 4.79 Å². The quantitative estimate of drug-likeness (QED) is 0.575. The van der Waals surface area contributed by atoms with Crippen LogP contribution in [0.5, 0.6) is 0 Å². The van der Waals surface area contributed by atoms with Crippen LogP contribution in [0, 0.1) is 0 Å². The zero-order valence-corrected chi connectivity index (χ0v) is 16.3. The van der Waals surface area contributed by atoms with E-state index in [1.165, 1.54) is 26.4 Å². The fourth-order valence-corrected chi connectivity index (χ4v) is 3.39. The molecule has 2 amide bonds. The number of likely N-dealkylation sites (tertiary alicyclic amines) is 1. The lowest BCUT2D eigenvalue weighted by atomic mass is 9.95. The minimum atomic E-state index is -0.269. The van der Waals surface area contributed by atoms with Crippen molar-refractivity contribution in [1.29, 1.82) is 0 Å². The average Bonchev–Trinajstić information content (AvgIpc) is 2.66. The molecule has 2 rings (SSSR count). The summed E-state index contributed by atoms with van der Waals surface area (Å²) in [5, 5.41) is 6.97. The Morgan fingerprint density at radius 1 is 1.04 bits per heavy atom. The molecule has 8 nitrogen and oxygen atoms in total. The highest BCUT2D eigenvalue weighted by molar-refractivity contribution is 5.85. The standard InChI is InChI=1S/C18H33N5O3/c1-22(2)16(24)13-19-17(20-14-7-5-4-6-8-14)21-15-9-11-23(12-10-15)18(25)26-3/h14-15H,4-13H2,1-3H3,(H2,19,20,21). The van der Waals surface area contributed by atoms with E-state index in [1.807, 2.05) is 0 Å². The van der Waals surface area contributed by atoms with Crippen LogP contribution < -0.4 is 10.6 Å². The van der Waals surface area contributed by atoms with E-state index in [0.29, 0.717) is 25.1 Å². The van der Waals surface area contributed by atoms with Crippen LogP contribution in [0.15, 0.2) is 4.99 Å². The van der Waals surface area contributed by atoms with E-state index < -0.39 is 0 Å². The number of likely N-dealkylation sites (N-methyl/N-ethyl adjacent to an activating group) is 1. The van der Waals surface area contributed by atoms with Crippen molar-refractivity contribution in [2.45, 2.75) is 57.0 Å². The van der Waals surface area contributed by atoms with Gasteiger partial charge >= 0.3 is 6.09 Å². The number of aliphatic imine (C=N–C) groups is 1. The summed E-state index contributed by atoms with van der Waals surface area (Å²) in [6, 6.07) is 0.653. The molecule has 0 aromatic carbocycles. The van der Waals surface area contributed by atoms with Gasteiger partial charge in [-0.05, 0) is 25.7 Å². The maximum absolute atomic E-state index is 11.9. The van der Waals surface area contributed by atoms with Gasteiger partial charge in [0.05, 0.1) is 7.11 Å². The van der Waals surface area contributed by atoms with E-state index >= 15 is 0 Å². The number of nitrogens with one attached hydrogen (secondary N) is 2. The highest BCUT2D eigenvalue weighted by atomic mass is 16.5. The Labute approximate surface area is 156 Å². The molecule has 0 bridgehead atoms. The first-order chi connectivity index (χ1) is 12.5. The van der Waals surface area contributed by atoms with Gasteiger partial charge in [0.25, 0.3) is 0 Å². The van der Waals surface area contributed by atoms with Crippen LogP contribution in [-0.2, 0) is 9.53 Å². The van der Waals surface area contributed by atoms with Crippen molar-refractivity contribution in [2.24, 2.45) is 4.99 Å². The monoisotopic (exact) mass is 367 g/mol. The molecule has 8 heteroatoms. The van der Waals surface area contributed by atoms with Crippen LogP contribution in [0.4, 0.5) is 4.79 Å². The summed E-state index contributed by atoms with van der Waals surface area (Å²) in [6.07, 6.45) is 7.45. The maximum atomic E-state index is 11.9. The molecule has 1 saturated carbocycles. The van der Waals surface area contributed by atoms with Gasteiger partial charge in [0.1, 0.15) is 6.54 Å². The van der Waals surface area contributed by atoms with Gasteiger partial charge in [-0.15, -0.1) is 0 Å². The lowest BCUT2D eigenvalue weighted by molar-refractivity contribution is -0.127. The van der Waals surface area contributed by atoms with E-state index in [9.17, 15) is 9.59 Å². The SMILES string of the molecule is COC(=O)N1CCC(NC(=NCC(=O)N(C)C)NC2CCCCC2)CC1. The summed E-state index contributed by atoms with van der Waals surface area (Å²) in [4.78, 5) is 31.3. The largest absolute Gasteiger partial charge is 0.453 e. The van der Waals surface area contributed by atoms with Crippen molar-refractivity contribution in [1.82, 2.24) is 20.4 Å². The van der Waals surface area contributed by atoms with E-state index in [2.05, 4.69) is 15.6 Å². The smallest absolute Gasteiger partial charge is 0.409 e. The van der Waals surface area contributed by atoms with Crippen LogP contribution >= 0.6 is 0 Å². The van der Waals surface area contributed by atoms with Crippen molar-refractivity contribution in [3.05, 3.63) is 0 Å². The summed E-state index contributed by atoms with van der Waals surface area (Å²) in [5.74, 6) is 0.693. The molecular weight excluding hydrogens is 334 g/mol. The average molecular weight is 367 g/mol. The Hall–Kier alpha value is -1.99. The highest BCUT2D eigenvalue weighted by Crippen LogP contribution is 2.17. The van der Waals surface area contributed by atoms with Gasteiger partial charge in [-0.2, -0.15) is 0 Å². The number of ether oxygens (including phenoxy) is 1. The molecule has 1 heterocycles. The number of piperidine rings is 1. The van der Waals surface area contributed by atoms with Crippen molar-refractivity contribution in [2.75, 3.05) is 40.8 Å². The van der Waals surface area contributed by atoms with Crippen molar-refractivity contribution in [3.8, 4) is 0 Å². The number of amides is 2. The molecule has 0 atom stereocenters. The second kappa shape index (κ2) is 10.2. The molecule has 1 aliphatic carbocycles. The predicted molar refractivity (Wildman–Crippen MR) is 101 cm³/mol. The number of nitrogens with zero attached hydrogens (tertiary/aromatic N) is 3. The van der Waals surface area contributed by atoms with Crippen molar-refractivity contribution in [3.63, 3.8) is 0 Å². The van der Waals surface area contributed by atoms with Crippen LogP contribution in [0.3, 0.4) is 0 Å². The number of hydrogen-bond donors (Lipinski definition) is 2. The Morgan fingerprint density at radius 2 is 1.62 bits per heavy atom. The fraction of sp³-hybridized carbons (Fsp3) is 0.833. The zero-order chi connectivity index (χ0) is 18.9. The third-order valence-electron chi connectivity index (χ3n) is 5.09. The molecule has 0 spiro atoms. The minimum absolute atomic E-state index is 0.0183. The summed E-state index contributed by atoms with van der Waals surface area (Å²) < 4.78 is 4.78. The van der Waals surface area contributed by atoms with E-state index in [1.54, 1.807) is 23.9 Å². The molecule has 0 aromatic heterocycles. The summed E-state index contributed by atoms with van der Waals surface area (Å²) >= 11 is 0. The van der Waals surface area contributed by atoms with Crippen LogP contribution in [0.25, 0.3) is 0 Å². The van der Waals surface area contributed by atoms with Gasteiger partial charge in [0, 0.05) is 39.3 Å². The Balaban J connectivity index is 1.91. The summed E-state index contributed by atoms with van der Waals surface area (Å²) in [6.45, 7) is 1.46. The first-order valence-electron chi connectivity index (χ1n) is 9.60. The molecule has 0 radical (unpaired) electrons. The molecule has 2 fully saturated rings. The Kier molecular flexibility index (Phi) is 8.00. The molecule has 2 aliphatic rings. The number of guanidine groups is 1. The zero-order valence-electron chi connectivity index (χ0n) is 16.3. The van der Waals surface area contributed by atoms with E-state index in [0.717, 1.165) is 25.7 Å². The number of hydrogen-bond acceptors (Lipinski definition) is 4. The summed E-state index contributed by atoms with van der Waals surface area (Å²) in [7, 11) is 4.89. The van der Waals surface area contributed by atoms with Crippen molar-refractivity contribution >= 4 is 18.0 Å². The lowest BCUT2D eigenvalue weighted by Crippen LogP contribution is -2.52. The number of carbonyl (C=O) groups is 2. The van der Waals surface area contributed by atoms with Crippen LogP contribution in [0.2, 0.25) is 0 Å². The van der Waals surface area contributed by atoms with Gasteiger partial charge in [0.2, 0.25) is 5.91 Å². The number of rotatable bonds is 4. The molecule has 0 aromatic rings. The van der Waals surface area contributed by atoms with Crippen LogP contribution in [0.1, 0.15) is 44.9 Å². The third kappa shape index (κ3) is 6.38. The molecule has 2 N–H and O–H groups in total. The second-order valence-corrected chi connectivity index (χ2v) is 7.31. The van der Waals surface area contributed by atoms with E-state index in [-0.39, 0.29) is 24.6 Å². The molecular formula is C18H33N5O3. The normalized spacial score (nSPS) is 19.8. The number of methoxy groups -OCH3 is 1. The number of carbonyl (C=O) groups excluding carboxylic acids is 2. The first kappa shape index (κ1) is 20.3. The van der Waals surface area contributed by atoms with Gasteiger partial charge in [0.15, 0.2) is 5.96 Å². The van der Waals surface area contributed by atoms with Crippen molar-refractivity contribution < 1.29 is 14.3 Å². The van der Waals surface area contributed by atoms with Gasteiger partial charge in [-0.1, -0.05) is 19.3 Å². The first-order valence-corrected chi connectivity index (χ1v) is 9.60. The van der Waals surface area contributed by atoms with Gasteiger partial charge in [-0.25, -0.2) is 9.79 Å². The Bertz CT molecular complexity index is 495. The fourth-order valence-electron chi connectivity index (χ4n) is 3.39. The molecule has 26 heavy (non-hydrogen) atoms. The molecule has 148 valence electrons. The molecule has 0 unspecified atom stereocenters. The second-order valence-electron chi connectivity index (χ2n) is 7.31. The van der Waals surface area contributed by atoms with Gasteiger partial charge < -0.3 is 25.2 Å². The predicted octanol–water partition coefficient (Wildman–Crippen LogP) is 1.17. The topological polar surface area (TPSA) is 86.3 Å². The third-order valence-corrected chi connectivity index (χ3v) is 5.09. The highest BCUT2D eigenvalue weighted by Gasteiger charge is 2.24. The van der Waals surface area contributed by atoms with E-state index in [4.69, 9.17) is 4.74 Å². The molecule has 1 saturated heterocycles. The maximum Gasteiger partial charge on any atom is 0.409 e. The van der Waals surface area contributed by atoms with Crippen LogP contribution in [-0.4, -0.2) is 80.7 Å². The molecule has 1 aliphatic heterocycles.